The summed E-state index contributed by atoms with van der Waals surface area (Å²) in [5.41, 5.74) is 2.48. The van der Waals surface area contributed by atoms with Gasteiger partial charge in [0.25, 0.3) is 0 Å². The predicted octanol–water partition coefficient (Wildman–Crippen LogP) is 3.17. The topological polar surface area (TPSA) is 0 Å². The summed E-state index contributed by atoms with van der Waals surface area (Å²) in [5.74, 6) is 0.579. The Bertz CT molecular complexity index is 234. The van der Waals surface area contributed by atoms with E-state index in [1.807, 2.05) is 6.92 Å². The van der Waals surface area contributed by atoms with Crippen molar-refractivity contribution in [3.8, 4) is 0 Å². The van der Waals surface area contributed by atoms with Gasteiger partial charge in [-0.3, -0.25) is 6.07 Å². The van der Waals surface area contributed by atoms with Crippen molar-refractivity contribution >= 4 is 0 Å². The molecule has 0 aliphatic heterocycles. The van der Waals surface area contributed by atoms with Crippen molar-refractivity contribution in [2.45, 2.75) is 26.7 Å². The Balaban J connectivity index is -0.000000403. The van der Waals surface area contributed by atoms with Gasteiger partial charge in [0.1, 0.15) is 0 Å². The van der Waals surface area contributed by atoms with Crippen molar-refractivity contribution in [3.05, 3.63) is 41.8 Å². The molecule has 1 aromatic carbocycles. The summed E-state index contributed by atoms with van der Waals surface area (Å²) < 4.78 is 0. The molecule has 1 rings (SSSR count). The molecule has 14 heavy (non-hydrogen) atoms. The summed E-state index contributed by atoms with van der Waals surface area (Å²) in [7, 11) is 0. The second kappa shape index (κ2) is 10.7. The fourth-order valence-corrected chi connectivity index (χ4v) is 1.01. The molecule has 0 bridgehead atoms. The smallest absolute Gasteiger partial charge is 0 e. The Morgan fingerprint density at radius 1 is 1.14 bits per heavy atom. The molecule has 3 heteroatoms. The SMILES string of the molecule is C[CH-]c1[c-]c(C(C)C)ccc1.[W].[W].[W]. The van der Waals surface area contributed by atoms with Gasteiger partial charge in [-0.05, 0) is 5.92 Å². The Morgan fingerprint density at radius 3 is 2.14 bits per heavy atom. The van der Waals surface area contributed by atoms with Gasteiger partial charge in [0.05, 0.1) is 0 Å². The maximum Gasteiger partial charge on any atom is 0 e. The van der Waals surface area contributed by atoms with E-state index in [-0.39, 0.29) is 63.2 Å². The minimum Gasteiger partial charge on any atom is -0.371 e. The molecule has 0 nitrogen and oxygen atoms in total. The van der Waals surface area contributed by atoms with Crippen LogP contribution in [0.1, 0.15) is 37.8 Å². The average molecular weight is 698 g/mol. The number of rotatable bonds is 2. The predicted molar refractivity (Wildman–Crippen MR) is 48.4 cm³/mol. The van der Waals surface area contributed by atoms with Crippen LogP contribution in [-0.4, -0.2) is 0 Å². The van der Waals surface area contributed by atoms with Crippen LogP contribution in [0, 0.1) is 12.5 Å². The quantitative estimate of drug-likeness (QED) is 0.417. The molecule has 0 saturated carbocycles. The van der Waals surface area contributed by atoms with E-state index in [0.29, 0.717) is 5.92 Å². The maximum absolute atomic E-state index is 3.34. The zero-order valence-electron chi connectivity index (χ0n) is 8.61. The second-order valence-corrected chi connectivity index (χ2v) is 3.00. The van der Waals surface area contributed by atoms with Crippen molar-refractivity contribution in [1.82, 2.24) is 0 Å². The van der Waals surface area contributed by atoms with Crippen LogP contribution in [0.5, 0.6) is 0 Å². The fourth-order valence-electron chi connectivity index (χ4n) is 1.01. The molecule has 0 unspecified atom stereocenters. The molecule has 0 amide bonds. The first-order valence-electron chi connectivity index (χ1n) is 4.05. The van der Waals surface area contributed by atoms with E-state index in [2.05, 4.69) is 44.5 Å². The van der Waals surface area contributed by atoms with Crippen LogP contribution >= 0.6 is 0 Å². The summed E-state index contributed by atoms with van der Waals surface area (Å²) >= 11 is 0. The molecule has 0 aliphatic rings. The summed E-state index contributed by atoms with van der Waals surface area (Å²) in [5, 5.41) is 0. The summed E-state index contributed by atoms with van der Waals surface area (Å²) in [6.45, 7) is 6.41. The van der Waals surface area contributed by atoms with Gasteiger partial charge in [-0.25, -0.2) is 0 Å². The van der Waals surface area contributed by atoms with Crippen LogP contribution < -0.4 is 0 Å². The van der Waals surface area contributed by atoms with E-state index in [4.69, 9.17) is 0 Å². The monoisotopic (exact) mass is 698 g/mol. The van der Waals surface area contributed by atoms with Crippen LogP contribution in [0.2, 0.25) is 0 Å². The van der Waals surface area contributed by atoms with Gasteiger partial charge in [-0.15, -0.1) is 13.0 Å². The molecule has 0 atom stereocenters. The largest absolute Gasteiger partial charge is 0.371 e. The maximum atomic E-state index is 3.34. The van der Waals surface area contributed by atoms with E-state index in [0.717, 1.165) is 0 Å². The Labute approximate surface area is 130 Å². The van der Waals surface area contributed by atoms with Gasteiger partial charge < -0.3 is 18.1 Å². The van der Waals surface area contributed by atoms with Crippen molar-refractivity contribution < 1.29 is 63.2 Å². The third kappa shape index (κ3) is 6.60. The molecule has 0 heterocycles. The fraction of sp³-hybridized carbons (Fsp3) is 0.364. The molecule has 0 aromatic heterocycles. The standard InChI is InChI=1S/C11H14.3W/c1-4-10-6-5-7-11(8-10)9(2)3;;;/h4-7,9H,1-3H3;;;/q-2;;;. The molecule has 0 radical (unpaired) electrons. The summed E-state index contributed by atoms with van der Waals surface area (Å²) in [6, 6.07) is 9.62. The number of hydrogen-bond acceptors (Lipinski definition) is 0. The van der Waals surface area contributed by atoms with E-state index >= 15 is 0 Å². The zero-order valence-corrected chi connectivity index (χ0v) is 17.4. The Hall–Kier alpha value is 1.15. The number of hydrogen-bond donors (Lipinski definition) is 0. The zero-order chi connectivity index (χ0) is 8.27. The molecule has 0 saturated heterocycles. The molecular formula is C11H14W3-2. The van der Waals surface area contributed by atoms with Crippen molar-refractivity contribution in [2.24, 2.45) is 0 Å². The van der Waals surface area contributed by atoms with Crippen LogP contribution in [0.3, 0.4) is 0 Å². The Kier molecular flexibility index (Phi) is 15.7. The van der Waals surface area contributed by atoms with Gasteiger partial charge in [0.2, 0.25) is 0 Å². The third-order valence-electron chi connectivity index (χ3n) is 1.77. The first-order valence-corrected chi connectivity index (χ1v) is 4.05. The van der Waals surface area contributed by atoms with Gasteiger partial charge in [-0.2, -0.15) is 11.6 Å². The normalized spacial score (nSPS) is 8.00. The van der Waals surface area contributed by atoms with Crippen LogP contribution in [0.25, 0.3) is 0 Å². The molecule has 0 aliphatic carbocycles. The molecule has 0 fully saturated rings. The molecule has 78 valence electrons. The van der Waals surface area contributed by atoms with Gasteiger partial charge in [0.15, 0.2) is 0 Å². The summed E-state index contributed by atoms with van der Waals surface area (Å²) in [4.78, 5) is 0. The second-order valence-electron chi connectivity index (χ2n) is 3.00. The van der Waals surface area contributed by atoms with E-state index in [9.17, 15) is 0 Å². The minimum absolute atomic E-state index is 0. The van der Waals surface area contributed by atoms with Gasteiger partial charge >= 0.3 is 0 Å². The third-order valence-corrected chi connectivity index (χ3v) is 1.77. The van der Waals surface area contributed by atoms with Crippen LogP contribution in [0.15, 0.2) is 18.2 Å². The van der Waals surface area contributed by atoms with E-state index < -0.39 is 0 Å². The summed E-state index contributed by atoms with van der Waals surface area (Å²) in [6.07, 6.45) is 2.08. The van der Waals surface area contributed by atoms with Crippen molar-refractivity contribution in [3.63, 3.8) is 0 Å². The molecule has 1 aromatic rings. The minimum atomic E-state index is 0. The Morgan fingerprint density at radius 2 is 1.71 bits per heavy atom. The first-order chi connectivity index (χ1) is 5.24. The van der Waals surface area contributed by atoms with E-state index in [1.165, 1.54) is 11.1 Å². The molecular weight excluding hydrogens is 684 g/mol. The average Bonchev–Trinajstić information content (AvgIpc) is 2.05. The van der Waals surface area contributed by atoms with Crippen LogP contribution in [-0.2, 0) is 63.2 Å². The van der Waals surface area contributed by atoms with Crippen LogP contribution in [0.4, 0.5) is 0 Å². The van der Waals surface area contributed by atoms with E-state index in [1.54, 1.807) is 0 Å². The molecule has 0 spiro atoms. The molecule has 0 N–H and O–H groups in total. The number of benzene rings is 1. The van der Waals surface area contributed by atoms with Crippen molar-refractivity contribution in [2.75, 3.05) is 0 Å². The van der Waals surface area contributed by atoms with Crippen molar-refractivity contribution in [1.29, 1.82) is 0 Å². The van der Waals surface area contributed by atoms with Gasteiger partial charge in [-0.1, -0.05) is 13.8 Å². The van der Waals surface area contributed by atoms with Gasteiger partial charge in [0, 0.05) is 63.2 Å². The first kappa shape index (κ1) is 20.6.